The molecule has 32 heavy (non-hydrogen) atoms. The number of hydrazine groups is 1. The van der Waals surface area contributed by atoms with Gasteiger partial charge in [0.25, 0.3) is 11.5 Å². The lowest BCUT2D eigenvalue weighted by Gasteiger charge is -2.25. The van der Waals surface area contributed by atoms with E-state index in [-0.39, 0.29) is 16.6 Å². The number of hydrogen-bond donors (Lipinski definition) is 2. The third kappa shape index (κ3) is 4.44. The molecule has 0 bridgehead atoms. The Kier molecular flexibility index (Phi) is 6.12. The van der Waals surface area contributed by atoms with Crippen molar-refractivity contribution in [3.8, 4) is 0 Å². The van der Waals surface area contributed by atoms with Crippen molar-refractivity contribution in [2.24, 2.45) is 0 Å². The lowest BCUT2D eigenvalue weighted by atomic mass is 10.2. The van der Waals surface area contributed by atoms with E-state index in [9.17, 15) is 14.4 Å². The highest BCUT2D eigenvalue weighted by Crippen LogP contribution is 2.16. The van der Waals surface area contributed by atoms with E-state index in [4.69, 9.17) is 0 Å². The summed E-state index contributed by atoms with van der Waals surface area (Å²) in [6.45, 7) is 2.80. The number of fused-ring (bicyclic) bond motifs is 1. The first-order valence-corrected chi connectivity index (χ1v) is 10.4. The van der Waals surface area contributed by atoms with E-state index in [1.54, 1.807) is 5.01 Å². The van der Waals surface area contributed by atoms with E-state index in [2.05, 4.69) is 15.4 Å². The number of aryl methyl sites for hydroxylation is 1. The third-order valence-corrected chi connectivity index (χ3v) is 5.03. The van der Waals surface area contributed by atoms with Crippen molar-refractivity contribution in [2.45, 2.75) is 26.4 Å². The van der Waals surface area contributed by atoms with Gasteiger partial charge < -0.3 is 0 Å². The van der Waals surface area contributed by atoms with Crippen LogP contribution in [0.1, 0.15) is 29.3 Å². The van der Waals surface area contributed by atoms with E-state index in [0.717, 1.165) is 11.3 Å². The zero-order chi connectivity index (χ0) is 22.5. The van der Waals surface area contributed by atoms with Crippen LogP contribution in [-0.2, 0) is 13.1 Å². The molecule has 0 aliphatic rings. The van der Waals surface area contributed by atoms with E-state index < -0.39 is 17.2 Å². The fourth-order valence-electron chi connectivity index (χ4n) is 3.48. The minimum atomic E-state index is -0.566. The smallest absolute Gasteiger partial charge is 0.281 e. The van der Waals surface area contributed by atoms with Crippen LogP contribution >= 0.6 is 0 Å². The molecule has 0 unspecified atom stereocenters. The van der Waals surface area contributed by atoms with Crippen LogP contribution in [0.25, 0.3) is 11.0 Å². The average Bonchev–Trinajstić information content (AvgIpc) is 2.82. The van der Waals surface area contributed by atoms with Crippen molar-refractivity contribution in [1.29, 1.82) is 0 Å². The molecule has 0 aliphatic carbocycles. The fourth-order valence-corrected chi connectivity index (χ4v) is 3.48. The second-order valence-electron chi connectivity index (χ2n) is 7.35. The summed E-state index contributed by atoms with van der Waals surface area (Å²) >= 11 is 0. The maximum Gasteiger partial charge on any atom is 0.329 e. The Hall–Kier alpha value is -4.20. The highest BCUT2D eigenvalue weighted by molar-refractivity contribution is 5.97. The van der Waals surface area contributed by atoms with E-state index >= 15 is 0 Å². The molecule has 0 spiro atoms. The van der Waals surface area contributed by atoms with Crippen LogP contribution in [0.15, 0.2) is 82.5 Å². The number of para-hydroxylation sites is 1. The summed E-state index contributed by atoms with van der Waals surface area (Å²) in [6, 6.07) is 20.7. The lowest BCUT2D eigenvalue weighted by Crippen LogP contribution is -2.42. The SMILES string of the molecule is CCCn1c(=O)[nH]c(=O)c2cc(C(=O)NN(Cc3ccccc3)c3ccccc3)cnc21. The van der Waals surface area contributed by atoms with Gasteiger partial charge in [-0.3, -0.25) is 29.6 Å². The number of nitrogens with zero attached hydrogens (tertiary/aromatic N) is 3. The van der Waals surface area contributed by atoms with Gasteiger partial charge in [0.15, 0.2) is 0 Å². The molecular weight excluding hydrogens is 406 g/mol. The van der Waals surface area contributed by atoms with Crippen molar-refractivity contribution < 1.29 is 4.79 Å². The molecule has 0 aliphatic heterocycles. The van der Waals surface area contributed by atoms with Gasteiger partial charge in [0.2, 0.25) is 0 Å². The van der Waals surface area contributed by atoms with Gasteiger partial charge in [-0.1, -0.05) is 55.5 Å². The number of anilines is 1. The number of pyridine rings is 1. The number of nitrogens with one attached hydrogen (secondary N) is 2. The van der Waals surface area contributed by atoms with Gasteiger partial charge in [-0.05, 0) is 30.2 Å². The number of benzene rings is 2. The summed E-state index contributed by atoms with van der Waals surface area (Å²) in [5, 5.41) is 1.93. The van der Waals surface area contributed by atoms with E-state index in [0.29, 0.717) is 19.5 Å². The summed E-state index contributed by atoms with van der Waals surface area (Å²) < 4.78 is 1.41. The Morgan fingerprint density at radius 3 is 2.44 bits per heavy atom. The molecule has 8 heteroatoms. The molecule has 4 aromatic rings. The third-order valence-electron chi connectivity index (χ3n) is 5.03. The molecule has 162 valence electrons. The predicted octanol–water partition coefficient (Wildman–Crippen LogP) is 2.85. The Labute approximate surface area is 184 Å². The number of amides is 1. The molecule has 2 aromatic heterocycles. The number of H-pyrrole nitrogens is 1. The Morgan fingerprint density at radius 2 is 1.75 bits per heavy atom. The van der Waals surface area contributed by atoms with Gasteiger partial charge in [-0.25, -0.2) is 9.78 Å². The molecule has 0 atom stereocenters. The van der Waals surface area contributed by atoms with Gasteiger partial charge >= 0.3 is 5.69 Å². The summed E-state index contributed by atoms with van der Waals surface area (Å²) in [4.78, 5) is 44.1. The monoisotopic (exact) mass is 429 g/mol. The summed E-state index contributed by atoms with van der Waals surface area (Å²) in [6.07, 6.45) is 2.09. The average molecular weight is 429 g/mol. The molecule has 0 fully saturated rings. The highest BCUT2D eigenvalue weighted by Gasteiger charge is 2.16. The largest absolute Gasteiger partial charge is 0.329 e. The first-order valence-electron chi connectivity index (χ1n) is 10.4. The van der Waals surface area contributed by atoms with Gasteiger partial charge in [0.05, 0.1) is 23.2 Å². The topological polar surface area (TPSA) is 100 Å². The second kappa shape index (κ2) is 9.30. The normalized spacial score (nSPS) is 10.8. The first-order chi connectivity index (χ1) is 15.6. The number of aromatic amines is 1. The quantitative estimate of drug-likeness (QED) is 0.440. The second-order valence-corrected chi connectivity index (χ2v) is 7.35. The standard InChI is InChI=1S/C24H23N5O3/c1-2-13-28-21-20(23(31)26-24(28)32)14-18(15-25-21)22(30)27-29(19-11-7-4-8-12-19)16-17-9-5-3-6-10-17/h3-12,14-15H,2,13,16H2,1H3,(H,27,30)(H,26,31,32). The van der Waals surface area contributed by atoms with Gasteiger partial charge in [-0.2, -0.15) is 0 Å². The highest BCUT2D eigenvalue weighted by atomic mass is 16.2. The molecule has 1 amide bonds. The summed E-state index contributed by atoms with van der Waals surface area (Å²) in [5.74, 6) is -0.410. The van der Waals surface area contributed by atoms with Crippen LogP contribution in [0.3, 0.4) is 0 Å². The molecule has 0 saturated heterocycles. The molecule has 2 N–H and O–H groups in total. The molecular formula is C24H23N5O3. The zero-order valence-corrected chi connectivity index (χ0v) is 17.6. The van der Waals surface area contributed by atoms with Crippen molar-refractivity contribution in [1.82, 2.24) is 20.0 Å². The van der Waals surface area contributed by atoms with Crippen LogP contribution in [-0.4, -0.2) is 20.4 Å². The number of carbonyl (C=O) groups excluding carboxylic acids is 1. The predicted molar refractivity (Wildman–Crippen MR) is 123 cm³/mol. The maximum atomic E-state index is 13.1. The van der Waals surface area contributed by atoms with Crippen LogP contribution in [0.2, 0.25) is 0 Å². The number of aromatic nitrogens is 3. The molecule has 2 aromatic carbocycles. The minimum absolute atomic E-state index is 0.194. The van der Waals surface area contributed by atoms with Gasteiger partial charge in [-0.15, -0.1) is 0 Å². The first kappa shape index (κ1) is 21.0. The lowest BCUT2D eigenvalue weighted by molar-refractivity contribution is 0.0948. The Morgan fingerprint density at radius 1 is 1.06 bits per heavy atom. The molecule has 2 heterocycles. The molecule has 4 rings (SSSR count). The van der Waals surface area contributed by atoms with Crippen molar-refractivity contribution in [3.05, 3.63) is 105 Å². The number of carbonyl (C=O) groups is 1. The van der Waals surface area contributed by atoms with Gasteiger partial charge in [0.1, 0.15) is 5.65 Å². The van der Waals surface area contributed by atoms with Gasteiger partial charge in [0, 0.05) is 12.7 Å². The van der Waals surface area contributed by atoms with Crippen molar-refractivity contribution in [2.75, 3.05) is 5.01 Å². The van der Waals surface area contributed by atoms with E-state index in [1.807, 2.05) is 67.6 Å². The van der Waals surface area contributed by atoms with Crippen LogP contribution in [0.5, 0.6) is 0 Å². The molecule has 0 saturated carbocycles. The molecule has 8 nitrogen and oxygen atoms in total. The van der Waals surface area contributed by atoms with Crippen LogP contribution < -0.4 is 21.7 Å². The Bertz CT molecular complexity index is 1350. The minimum Gasteiger partial charge on any atom is -0.281 e. The van der Waals surface area contributed by atoms with Crippen molar-refractivity contribution in [3.63, 3.8) is 0 Å². The maximum absolute atomic E-state index is 13.1. The molecule has 0 radical (unpaired) electrons. The Balaban J connectivity index is 1.67. The van der Waals surface area contributed by atoms with Crippen LogP contribution in [0.4, 0.5) is 5.69 Å². The zero-order valence-electron chi connectivity index (χ0n) is 17.6. The number of rotatable bonds is 7. The van der Waals surface area contributed by atoms with Crippen molar-refractivity contribution >= 4 is 22.6 Å². The fraction of sp³-hybridized carbons (Fsp3) is 0.167. The van der Waals surface area contributed by atoms with Crippen LogP contribution in [0, 0.1) is 0 Å². The summed E-state index contributed by atoms with van der Waals surface area (Å²) in [7, 11) is 0. The van der Waals surface area contributed by atoms with E-state index in [1.165, 1.54) is 16.8 Å². The summed E-state index contributed by atoms with van der Waals surface area (Å²) in [5.41, 5.74) is 4.15. The number of hydrogen-bond acceptors (Lipinski definition) is 5.